The summed E-state index contributed by atoms with van der Waals surface area (Å²) in [6.45, 7) is 0. The van der Waals surface area contributed by atoms with E-state index >= 15 is 0 Å². The molecule has 1 unspecified atom stereocenters. The highest BCUT2D eigenvalue weighted by Crippen LogP contribution is 2.51. The van der Waals surface area contributed by atoms with Gasteiger partial charge in [-0.2, -0.15) is 0 Å². The van der Waals surface area contributed by atoms with Gasteiger partial charge in [-0.1, -0.05) is 133 Å². The second-order valence-electron chi connectivity index (χ2n) is 10.1. The van der Waals surface area contributed by atoms with Crippen molar-refractivity contribution in [1.82, 2.24) is 15.0 Å². The zero-order valence-electron chi connectivity index (χ0n) is 22.0. The molecule has 0 amide bonds. The van der Waals surface area contributed by atoms with Gasteiger partial charge in [0, 0.05) is 32.7 Å². The predicted molar refractivity (Wildman–Crippen MR) is 170 cm³/mol. The van der Waals surface area contributed by atoms with Gasteiger partial charge >= 0.3 is 0 Å². The summed E-state index contributed by atoms with van der Waals surface area (Å²) in [4.78, 5) is 16.0. The second-order valence-corrected chi connectivity index (χ2v) is 11.2. The fourth-order valence-corrected chi connectivity index (χ4v) is 6.82. The molecule has 0 bridgehead atoms. The molecule has 1 aliphatic rings. The van der Waals surface area contributed by atoms with Crippen LogP contribution in [0.15, 0.2) is 138 Å². The Kier molecular flexibility index (Phi) is 5.75. The summed E-state index contributed by atoms with van der Waals surface area (Å²) in [7, 11) is 0. The first-order chi connectivity index (χ1) is 20.3. The van der Waals surface area contributed by atoms with Crippen LogP contribution in [0.3, 0.4) is 0 Å². The molecule has 194 valence electrons. The van der Waals surface area contributed by atoms with Crippen LogP contribution in [0.2, 0.25) is 0 Å². The monoisotopic (exact) mass is 544 g/mol. The van der Waals surface area contributed by atoms with Crippen LogP contribution in [0.4, 0.5) is 5.69 Å². The van der Waals surface area contributed by atoms with Crippen molar-refractivity contribution in [2.24, 2.45) is 0 Å². The van der Waals surface area contributed by atoms with Gasteiger partial charge in [-0.15, -0.1) is 0 Å². The van der Waals surface area contributed by atoms with Crippen LogP contribution in [-0.2, 0) is 0 Å². The molecule has 0 aliphatic carbocycles. The number of aromatic nitrogens is 3. The minimum Gasteiger partial charge on any atom is -0.368 e. The van der Waals surface area contributed by atoms with Gasteiger partial charge in [-0.25, -0.2) is 15.0 Å². The van der Waals surface area contributed by atoms with Crippen molar-refractivity contribution in [3.05, 3.63) is 139 Å². The van der Waals surface area contributed by atoms with E-state index in [9.17, 15) is 0 Å². The fourth-order valence-electron chi connectivity index (χ4n) is 5.50. The SMILES string of the molecule is c1ccc(-c2nc(-c3ccccc3)nc(-c3ccc4c(ccc5ccc6c(c54)SC(c4ccccc4)N6)c3)n2)cc1. The second kappa shape index (κ2) is 9.88. The number of benzene rings is 6. The topological polar surface area (TPSA) is 50.7 Å². The minimum atomic E-state index is 0.198. The lowest BCUT2D eigenvalue weighted by atomic mass is 9.99. The number of hydrogen-bond donors (Lipinski definition) is 1. The van der Waals surface area contributed by atoms with Gasteiger partial charge in [0.05, 0.1) is 0 Å². The smallest absolute Gasteiger partial charge is 0.164 e. The largest absolute Gasteiger partial charge is 0.368 e. The molecule has 0 fully saturated rings. The van der Waals surface area contributed by atoms with E-state index in [1.165, 1.54) is 32.3 Å². The summed E-state index contributed by atoms with van der Waals surface area (Å²) in [5.41, 5.74) is 5.36. The first kappa shape index (κ1) is 23.9. The number of fused-ring (bicyclic) bond motifs is 5. The van der Waals surface area contributed by atoms with E-state index < -0.39 is 0 Å². The van der Waals surface area contributed by atoms with E-state index in [1.807, 2.05) is 72.4 Å². The Labute approximate surface area is 242 Å². The van der Waals surface area contributed by atoms with Crippen molar-refractivity contribution in [3.8, 4) is 34.2 Å². The lowest BCUT2D eigenvalue weighted by Gasteiger charge is -2.11. The van der Waals surface area contributed by atoms with E-state index in [2.05, 4.69) is 78.1 Å². The molecule has 0 saturated carbocycles. The van der Waals surface area contributed by atoms with Gasteiger partial charge in [0.25, 0.3) is 0 Å². The number of thioether (sulfide) groups is 1. The Morgan fingerprint density at radius 2 is 1.07 bits per heavy atom. The first-order valence-electron chi connectivity index (χ1n) is 13.7. The van der Waals surface area contributed by atoms with Crippen LogP contribution >= 0.6 is 11.8 Å². The van der Waals surface area contributed by atoms with Gasteiger partial charge in [0.1, 0.15) is 5.37 Å². The van der Waals surface area contributed by atoms with E-state index in [-0.39, 0.29) is 5.37 Å². The number of nitrogens with zero attached hydrogens (tertiary/aromatic N) is 3. The molecule has 41 heavy (non-hydrogen) atoms. The molecule has 4 nitrogen and oxygen atoms in total. The predicted octanol–water partition coefficient (Wildman–Crippen LogP) is 9.40. The van der Waals surface area contributed by atoms with E-state index in [4.69, 9.17) is 15.0 Å². The van der Waals surface area contributed by atoms with Gasteiger partial charge < -0.3 is 5.32 Å². The van der Waals surface area contributed by atoms with Crippen molar-refractivity contribution in [1.29, 1.82) is 0 Å². The molecule has 1 N–H and O–H groups in total. The maximum Gasteiger partial charge on any atom is 0.164 e. The summed E-state index contributed by atoms with van der Waals surface area (Å²) >= 11 is 1.89. The van der Waals surface area contributed by atoms with Crippen molar-refractivity contribution in [2.45, 2.75) is 10.3 Å². The summed E-state index contributed by atoms with van der Waals surface area (Å²) < 4.78 is 0. The van der Waals surface area contributed by atoms with Crippen LogP contribution in [0, 0.1) is 0 Å². The molecule has 6 aromatic carbocycles. The van der Waals surface area contributed by atoms with Gasteiger partial charge in [-0.05, 0) is 33.9 Å². The van der Waals surface area contributed by atoms with E-state index in [1.54, 1.807) is 0 Å². The third kappa shape index (κ3) is 4.31. The number of rotatable bonds is 4. The lowest BCUT2D eigenvalue weighted by Crippen LogP contribution is -2.00. The molecule has 8 rings (SSSR count). The van der Waals surface area contributed by atoms with Crippen LogP contribution in [0.25, 0.3) is 55.7 Å². The molecule has 0 spiro atoms. The Bertz CT molecular complexity index is 1990. The maximum atomic E-state index is 4.93. The average molecular weight is 545 g/mol. The van der Waals surface area contributed by atoms with Crippen molar-refractivity contribution in [2.75, 3.05) is 5.32 Å². The molecule has 7 aromatic rings. The Morgan fingerprint density at radius 3 is 1.73 bits per heavy atom. The highest BCUT2D eigenvalue weighted by atomic mass is 32.2. The van der Waals surface area contributed by atoms with Crippen molar-refractivity contribution < 1.29 is 0 Å². The third-order valence-electron chi connectivity index (χ3n) is 7.54. The van der Waals surface area contributed by atoms with Crippen LogP contribution in [-0.4, -0.2) is 15.0 Å². The van der Waals surface area contributed by atoms with Crippen LogP contribution in [0.5, 0.6) is 0 Å². The fraction of sp³-hybridized carbons (Fsp3) is 0.0278. The number of nitrogens with one attached hydrogen (secondary N) is 1. The zero-order valence-corrected chi connectivity index (χ0v) is 22.8. The van der Waals surface area contributed by atoms with Gasteiger partial charge in [0.15, 0.2) is 17.5 Å². The molecule has 1 aromatic heterocycles. The lowest BCUT2D eigenvalue weighted by molar-refractivity contribution is 1.07. The summed E-state index contributed by atoms with van der Waals surface area (Å²) in [6, 6.07) is 46.2. The van der Waals surface area contributed by atoms with Crippen molar-refractivity contribution >= 4 is 39.0 Å². The van der Waals surface area contributed by atoms with Gasteiger partial charge in [-0.3, -0.25) is 0 Å². The normalized spacial score (nSPS) is 14.2. The van der Waals surface area contributed by atoms with Crippen LogP contribution < -0.4 is 5.32 Å². The molecule has 0 radical (unpaired) electrons. The summed E-state index contributed by atoms with van der Waals surface area (Å²) in [6.07, 6.45) is 0. The van der Waals surface area contributed by atoms with Gasteiger partial charge in [0.2, 0.25) is 0 Å². The summed E-state index contributed by atoms with van der Waals surface area (Å²) in [5.74, 6) is 2.00. The quantitative estimate of drug-likeness (QED) is 0.224. The maximum absolute atomic E-state index is 4.93. The molecule has 1 aliphatic heterocycles. The first-order valence-corrected chi connectivity index (χ1v) is 14.5. The highest BCUT2D eigenvalue weighted by Gasteiger charge is 2.25. The third-order valence-corrected chi connectivity index (χ3v) is 8.82. The standard InChI is InChI=1S/C36H24N4S/c1-4-10-24(11-5-1)33-38-34(25-12-6-2-7-13-25)40-35(39-33)28-18-20-29-27(22-28)17-16-23-19-21-30-32(31(23)29)41-36(37-30)26-14-8-3-9-15-26/h1-22,36-37H. The zero-order chi connectivity index (χ0) is 27.2. The summed E-state index contributed by atoms with van der Waals surface area (Å²) in [5, 5.41) is 8.84. The molecular formula is C36H24N4S. The van der Waals surface area contributed by atoms with E-state index in [0.717, 1.165) is 22.1 Å². The Morgan fingerprint density at radius 1 is 0.512 bits per heavy atom. The Hall–Kier alpha value is -5.00. The molecular weight excluding hydrogens is 520 g/mol. The van der Waals surface area contributed by atoms with Crippen molar-refractivity contribution in [3.63, 3.8) is 0 Å². The molecule has 0 saturated heterocycles. The van der Waals surface area contributed by atoms with E-state index in [0.29, 0.717) is 17.5 Å². The molecule has 1 atom stereocenters. The molecule has 2 heterocycles. The average Bonchev–Trinajstić information content (AvgIpc) is 3.50. The highest BCUT2D eigenvalue weighted by molar-refractivity contribution is 8.00. The Balaban J connectivity index is 1.26. The minimum absolute atomic E-state index is 0.198. The number of hydrogen-bond acceptors (Lipinski definition) is 5. The van der Waals surface area contributed by atoms with Crippen LogP contribution in [0.1, 0.15) is 10.9 Å². The number of anilines is 1. The molecule has 5 heteroatoms.